The highest BCUT2D eigenvalue weighted by Gasteiger charge is 2.76. The lowest BCUT2D eigenvalue weighted by Gasteiger charge is -2.57. The Morgan fingerprint density at radius 3 is 2.34 bits per heavy atom. The fraction of sp³-hybridized carbons (Fsp3) is 0.750. The quantitative estimate of drug-likeness (QED) is 0.551. The van der Waals surface area contributed by atoms with Gasteiger partial charge in [-0.25, -0.2) is 0 Å². The minimum Gasteiger partial charge on any atom is -0.385 e. The lowest BCUT2D eigenvalue weighted by molar-refractivity contribution is -0.208. The zero-order chi connectivity index (χ0) is 26.0. The molecule has 6 nitrogen and oxygen atoms in total. The van der Waals surface area contributed by atoms with Crippen molar-refractivity contribution in [3.63, 3.8) is 0 Å². The molecule has 1 aromatic rings. The van der Waals surface area contributed by atoms with E-state index in [9.17, 15) is 5.11 Å². The van der Waals surface area contributed by atoms with Gasteiger partial charge in [0, 0.05) is 36.8 Å². The zero-order valence-corrected chi connectivity index (χ0v) is 23.1. The van der Waals surface area contributed by atoms with E-state index in [0.29, 0.717) is 50.6 Å². The standard InChI is InChI=1S/C32H42O6/c1-28-18-24(20-4-6-21(7-5-20)29(2)35-12-13-36-29)27-23(26(28)16-22-17-32(22,28)34-3)8-10-30(33)19-31(11-9-25(27)30)37-14-15-38-31/h4-7,22-24,26,33H,8-19H2,1-3H3/t22-,23-,24+,26-,28-,30+,32-/m0/s1. The van der Waals surface area contributed by atoms with E-state index < -0.39 is 17.2 Å². The van der Waals surface area contributed by atoms with Crippen molar-refractivity contribution in [1.29, 1.82) is 0 Å². The average molecular weight is 523 g/mol. The van der Waals surface area contributed by atoms with Crippen molar-refractivity contribution in [2.45, 2.75) is 93.9 Å². The van der Waals surface area contributed by atoms with Gasteiger partial charge >= 0.3 is 0 Å². The Morgan fingerprint density at radius 2 is 1.63 bits per heavy atom. The number of allylic oxidation sites excluding steroid dienone is 1. The van der Waals surface area contributed by atoms with E-state index in [2.05, 4.69) is 31.2 Å². The average Bonchev–Trinajstić information content (AvgIpc) is 3.16. The van der Waals surface area contributed by atoms with Crippen LogP contribution in [0, 0.1) is 23.2 Å². The molecule has 5 aliphatic carbocycles. The Labute approximate surface area is 226 Å². The van der Waals surface area contributed by atoms with E-state index in [1.54, 1.807) is 0 Å². The van der Waals surface area contributed by atoms with Gasteiger partial charge in [-0.15, -0.1) is 0 Å². The van der Waals surface area contributed by atoms with Gasteiger partial charge in [0.25, 0.3) is 0 Å². The van der Waals surface area contributed by atoms with E-state index in [0.717, 1.165) is 37.7 Å². The van der Waals surface area contributed by atoms with Crippen molar-refractivity contribution in [3.8, 4) is 0 Å². The third kappa shape index (κ3) is 3.11. The molecule has 2 heterocycles. The van der Waals surface area contributed by atoms with Gasteiger partial charge in [0.2, 0.25) is 0 Å². The van der Waals surface area contributed by atoms with Gasteiger partial charge in [-0.1, -0.05) is 36.8 Å². The Hall–Kier alpha value is -1.28. The highest BCUT2D eigenvalue weighted by Crippen LogP contribution is 2.77. The molecule has 7 aliphatic rings. The Morgan fingerprint density at radius 1 is 0.921 bits per heavy atom. The molecule has 0 unspecified atom stereocenters. The highest BCUT2D eigenvalue weighted by molar-refractivity contribution is 5.46. The number of hydrogen-bond donors (Lipinski definition) is 1. The molecule has 6 fully saturated rings. The highest BCUT2D eigenvalue weighted by atomic mass is 16.7. The Kier molecular flexibility index (Phi) is 5.11. The van der Waals surface area contributed by atoms with E-state index in [1.807, 2.05) is 14.0 Å². The van der Waals surface area contributed by atoms with Crippen LogP contribution in [0.2, 0.25) is 0 Å². The van der Waals surface area contributed by atoms with Crippen molar-refractivity contribution in [3.05, 3.63) is 46.5 Å². The third-order valence-corrected chi connectivity index (χ3v) is 12.2. The van der Waals surface area contributed by atoms with Gasteiger partial charge in [0.1, 0.15) is 0 Å². The Bertz CT molecular complexity index is 1160. The maximum absolute atomic E-state index is 12.2. The van der Waals surface area contributed by atoms with Crippen molar-refractivity contribution in [2.75, 3.05) is 33.5 Å². The van der Waals surface area contributed by atoms with Crippen LogP contribution >= 0.6 is 0 Å². The van der Waals surface area contributed by atoms with Crippen LogP contribution in [0.5, 0.6) is 0 Å². The Balaban J connectivity index is 1.23. The van der Waals surface area contributed by atoms with E-state index in [-0.39, 0.29) is 16.9 Å². The largest absolute Gasteiger partial charge is 0.385 e. The molecule has 1 N–H and O–H groups in total. The second-order valence-corrected chi connectivity index (χ2v) is 13.7. The van der Waals surface area contributed by atoms with Crippen LogP contribution in [0.1, 0.15) is 82.3 Å². The van der Waals surface area contributed by atoms with Gasteiger partial charge in [0.15, 0.2) is 11.6 Å². The monoisotopic (exact) mass is 522 g/mol. The van der Waals surface area contributed by atoms with Crippen LogP contribution in [0.3, 0.4) is 0 Å². The summed E-state index contributed by atoms with van der Waals surface area (Å²) < 4.78 is 30.5. The molecule has 2 saturated heterocycles. The van der Waals surface area contributed by atoms with Gasteiger partial charge in [-0.2, -0.15) is 0 Å². The molecule has 0 radical (unpaired) electrons. The molecule has 8 rings (SSSR count). The van der Waals surface area contributed by atoms with E-state index in [1.165, 1.54) is 29.6 Å². The molecular formula is C32H42O6. The number of hydrogen-bond acceptors (Lipinski definition) is 6. The molecule has 1 spiro atoms. The molecule has 0 aromatic heterocycles. The summed E-state index contributed by atoms with van der Waals surface area (Å²) in [6, 6.07) is 8.98. The van der Waals surface area contributed by atoms with E-state index >= 15 is 0 Å². The topological polar surface area (TPSA) is 66.4 Å². The minimum absolute atomic E-state index is 0.0287. The van der Waals surface area contributed by atoms with Crippen molar-refractivity contribution in [1.82, 2.24) is 0 Å². The first-order valence-corrected chi connectivity index (χ1v) is 14.9. The predicted molar refractivity (Wildman–Crippen MR) is 140 cm³/mol. The summed E-state index contributed by atoms with van der Waals surface area (Å²) in [5, 5.41) is 12.2. The molecule has 206 valence electrons. The summed E-state index contributed by atoms with van der Waals surface area (Å²) in [4.78, 5) is 0. The first-order valence-electron chi connectivity index (χ1n) is 14.9. The van der Waals surface area contributed by atoms with Gasteiger partial charge < -0.3 is 28.8 Å². The number of rotatable bonds is 3. The summed E-state index contributed by atoms with van der Waals surface area (Å²) in [6.45, 7) is 7.07. The first-order chi connectivity index (χ1) is 18.3. The molecule has 4 saturated carbocycles. The molecule has 38 heavy (non-hydrogen) atoms. The smallest absolute Gasteiger partial charge is 0.192 e. The second-order valence-electron chi connectivity index (χ2n) is 13.7. The van der Waals surface area contributed by atoms with Crippen LogP contribution in [-0.2, 0) is 29.5 Å². The first kappa shape index (κ1) is 24.5. The third-order valence-electron chi connectivity index (χ3n) is 12.2. The van der Waals surface area contributed by atoms with Crippen LogP contribution in [0.4, 0.5) is 0 Å². The predicted octanol–water partition coefficient (Wildman–Crippen LogP) is 5.19. The summed E-state index contributed by atoms with van der Waals surface area (Å²) in [7, 11) is 1.94. The van der Waals surface area contributed by atoms with Crippen LogP contribution in [0.25, 0.3) is 0 Å². The number of methoxy groups -OCH3 is 1. The second kappa shape index (κ2) is 7.92. The molecule has 2 aliphatic heterocycles. The fourth-order valence-electron chi connectivity index (χ4n) is 10.4. The molecule has 0 amide bonds. The summed E-state index contributed by atoms with van der Waals surface area (Å²) in [6.07, 6.45) is 7.65. The minimum atomic E-state index is -0.834. The van der Waals surface area contributed by atoms with Crippen LogP contribution < -0.4 is 0 Å². The molecule has 1 aromatic carbocycles. The lowest BCUT2D eigenvalue weighted by atomic mass is 9.50. The molecule has 7 atom stereocenters. The zero-order valence-electron chi connectivity index (χ0n) is 23.1. The number of ether oxygens (including phenoxy) is 5. The molecular weight excluding hydrogens is 480 g/mol. The summed E-state index contributed by atoms with van der Waals surface area (Å²) in [5.74, 6) is 0.828. The normalized spacial score (nSPS) is 46.0. The maximum atomic E-state index is 12.2. The maximum Gasteiger partial charge on any atom is 0.192 e. The molecule has 6 heteroatoms. The number of fused-ring (bicyclic) bond motifs is 6. The summed E-state index contributed by atoms with van der Waals surface area (Å²) in [5.41, 5.74) is 4.60. The van der Waals surface area contributed by atoms with Gasteiger partial charge in [-0.05, 0) is 74.3 Å². The van der Waals surface area contributed by atoms with Crippen molar-refractivity contribution in [2.24, 2.45) is 23.2 Å². The lowest BCUT2D eigenvalue weighted by Crippen LogP contribution is -2.54. The van der Waals surface area contributed by atoms with Gasteiger partial charge in [-0.3, -0.25) is 0 Å². The van der Waals surface area contributed by atoms with Crippen LogP contribution in [-0.4, -0.2) is 55.6 Å². The van der Waals surface area contributed by atoms with E-state index in [4.69, 9.17) is 23.7 Å². The fourth-order valence-corrected chi connectivity index (χ4v) is 10.4. The van der Waals surface area contributed by atoms with Crippen molar-refractivity contribution < 1.29 is 28.8 Å². The van der Waals surface area contributed by atoms with Crippen LogP contribution in [0.15, 0.2) is 35.4 Å². The summed E-state index contributed by atoms with van der Waals surface area (Å²) >= 11 is 0. The SMILES string of the molecule is CO[C@@]12C[C@@H]1C[C@H]1[C@@H]3CC[C@@]4(O)CC5(CCC4=C3[C@@H](c3ccc(C4(C)OCCO4)cc3)C[C@@]12C)OCCO5. The van der Waals surface area contributed by atoms with Crippen molar-refractivity contribution >= 4 is 0 Å². The van der Waals surface area contributed by atoms with Gasteiger partial charge in [0.05, 0.1) is 37.6 Å². The molecule has 0 bridgehead atoms. The number of benzene rings is 1. The number of aliphatic hydroxyl groups is 1.